The Hall–Kier alpha value is -2.47. The van der Waals surface area contributed by atoms with E-state index in [1.807, 2.05) is 0 Å². The lowest BCUT2D eigenvalue weighted by Crippen LogP contribution is -1.99. The second-order valence-electron chi connectivity index (χ2n) is 4.34. The minimum absolute atomic E-state index is 0.0645. The Morgan fingerprint density at radius 2 is 2.05 bits per heavy atom. The molecule has 0 aliphatic carbocycles. The number of aromatic carboxylic acids is 1. The third kappa shape index (κ3) is 2.23. The SMILES string of the molecule is O=C(O)c1cc2nc(-c3cccc(Cl)c3F)[nH]c2cc1F. The van der Waals surface area contributed by atoms with Crippen LogP contribution in [0, 0.1) is 11.6 Å². The summed E-state index contributed by atoms with van der Waals surface area (Å²) in [6.07, 6.45) is 0. The Kier molecular flexibility index (Phi) is 3.10. The third-order valence-corrected chi connectivity index (χ3v) is 3.30. The summed E-state index contributed by atoms with van der Waals surface area (Å²) in [5, 5.41) is 8.81. The highest BCUT2D eigenvalue weighted by Gasteiger charge is 2.16. The monoisotopic (exact) mass is 308 g/mol. The Balaban J connectivity index is 2.22. The number of hydrogen-bond donors (Lipinski definition) is 2. The van der Waals surface area contributed by atoms with E-state index in [0.717, 1.165) is 12.1 Å². The first-order valence-corrected chi connectivity index (χ1v) is 6.22. The average Bonchev–Trinajstić information content (AvgIpc) is 2.83. The normalized spacial score (nSPS) is 11.0. The van der Waals surface area contributed by atoms with Gasteiger partial charge in [0.1, 0.15) is 11.6 Å². The predicted molar refractivity (Wildman–Crippen MR) is 73.4 cm³/mol. The van der Waals surface area contributed by atoms with Gasteiger partial charge in [-0.15, -0.1) is 0 Å². The van der Waals surface area contributed by atoms with Gasteiger partial charge in [-0.3, -0.25) is 0 Å². The summed E-state index contributed by atoms with van der Waals surface area (Å²) in [4.78, 5) is 17.7. The van der Waals surface area contributed by atoms with Gasteiger partial charge in [-0.1, -0.05) is 17.7 Å². The van der Waals surface area contributed by atoms with Crippen molar-refractivity contribution < 1.29 is 18.7 Å². The number of rotatable bonds is 2. The Morgan fingerprint density at radius 3 is 2.76 bits per heavy atom. The van der Waals surface area contributed by atoms with E-state index in [2.05, 4.69) is 9.97 Å². The Labute approximate surface area is 122 Å². The summed E-state index contributed by atoms with van der Waals surface area (Å²) in [6.45, 7) is 0. The van der Waals surface area contributed by atoms with Crippen LogP contribution in [0.25, 0.3) is 22.4 Å². The number of nitrogens with one attached hydrogen (secondary N) is 1. The van der Waals surface area contributed by atoms with Crippen molar-refractivity contribution in [1.82, 2.24) is 9.97 Å². The molecule has 0 bridgehead atoms. The molecule has 0 atom stereocenters. The maximum atomic E-state index is 13.9. The number of H-pyrrole nitrogens is 1. The minimum atomic E-state index is -1.40. The van der Waals surface area contributed by atoms with Gasteiger partial charge in [-0.05, 0) is 18.2 Å². The molecule has 2 N–H and O–H groups in total. The topological polar surface area (TPSA) is 66.0 Å². The number of halogens is 3. The molecule has 0 aliphatic heterocycles. The van der Waals surface area contributed by atoms with Gasteiger partial charge in [0.25, 0.3) is 0 Å². The van der Waals surface area contributed by atoms with Crippen molar-refractivity contribution in [3.63, 3.8) is 0 Å². The standard InChI is InChI=1S/C14H7ClF2N2O2/c15-8-3-1-2-6(12(8)17)13-18-10-4-7(14(20)21)9(16)5-11(10)19-13/h1-5H,(H,18,19)(H,20,21). The molecule has 106 valence electrons. The minimum Gasteiger partial charge on any atom is -0.478 e. The molecule has 3 rings (SSSR count). The van der Waals surface area contributed by atoms with E-state index in [1.165, 1.54) is 12.1 Å². The zero-order valence-corrected chi connectivity index (χ0v) is 11.1. The largest absolute Gasteiger partial charge is 0.478 e. The second kappa shape index (κ2) is 4.82. The molecule has 0 spiro atoms. The van der Waals surface area contributed by atoms with Crippen LogP contribution in [0.2, 0.25) is 5.02 Å². The van der Waals surface area contributed by atoms with Gasteiger partial charge in [-0.2, -0.15) is 0 Å². The molecule has 3 aromatic rings. The summed E-state index contributed by atoms with van der Waals surface area (Å²) in [7, 11) is 0. The molecule has 0 fully saturated rings. The highest BCUT2D eigenvalue weighted by Crippen LogP contribution is 2.28. The highest BCUT2D eigenvalue weighted by molar-refractivity contribution is 6.31. The maximum Gasteiger partial charge on any atom is 0.338 e. The number of imidazole rings is 1. The van der Waals surface area contributed by atoms with Crippen LogP contribution >= 0.6 is 11.6 Å². The molecule has 0 unspecified atom stereocenters. The van der Waals surface area contributed by atoms with E-state index in [9.17, 15) is 13.6 Å². The predicted octanol–water partition coefficient (Wildman–Crippen LogP) is 3.86. The van der Waals surface area contributed by atoms with Gasteiger partial charge < -0.3 is 10.1 Å². The Morgan fingerprint density at radius 1 is 1.29 bits per heavy atom. The van der Waals surface area contributed by atoms with Crippen molar-refractivity contribution in [2.45, 2.75) is 0 Å². The molecule has 2 aromatic carbocycles. The van der Waals surface area contributed by atoms with Crippen molar-refractivity contribution in [2.24, 2.45) is 0 Å². The smallest absolute Gasteiger partial charge is 0.338 e. The fourth-order valence-corrected chi connectivity index (χ4v) is 2.18. The Bertz CT molecular complexity index is 877. The van der Waals surface area contributed by atoms with Crippen molar-refractivity contribution in [1.29, 1.82) is 0 Å². The fraction of sp³-hybridized carbons (Fsp3) is 0. The lowest BCUT2D eigenvalue weighted by atomic mass is 10.2. The van der Waals surface area contributed by atoms with Crippen molar-refractivity contribution in [3.05, 3.63) is 52.6 Å². The molecule has 0 saturated heterocycles. The molecule has 0 saturated carbocycles. The van der Waals surface area contributed by atoms with Crippen LogP contribution in [0.5, 0.6) is 0 Å². The molecule has 0 radical (unpaired) electrons. The maximum absolute atomic E-state index is 13.9. The fourth-order valence-electron chi connectivity index (χ4n) is 2.01. The van der Waals surface area contributed by atoms with Crippen LogP contribution in [-0.4, -0.2) is 21.0 Å². The van der Waals surface area contributed by atoms with Crippen LogP contribution < -0.4 is 0 Å². The first-order valence-electron chi connectivity index (χ1n) is 5.84. The van der Waals surface area contributed by atoms with Gasteiger partial charge in [0.05, 0.1) is 27.2 Å². The second-order valence-corrected chi connectivity index (χ2v) is 4.75. The van der Waals surface area contributed by atoms with E-state index in [0.29, 0.717) is 0 Å². The number of hydrogen-bond acceptors (Lipinski definition) is 2. The average molecular weight is 309 g/mol. The van der Waals surface area contributed by atoms with Gasteiger partial charge in [0, 0.05) is 6.07 Å². The van der Waals surface area contributed by atoms with E-state index < -0.39 is 23.2 Å². The number of carbonyl (C=O) groups is 1. The summed E-state index contributed by atoms with van der Waals surface area (Å²) >= 11 is 5.70. The number of benzene rings is 2. The lowest BCUT2D eigenvalue weighted by molar-refractivity contribution is 0.0692. The molecule has 1 aromatic heterocycles. The third-order valence-electron chi connectivity index (χ3n) is 3.01. The first kappa shape index (κ1) is 13.5. The van der Waals surface area contributed by atoms with Gasteiger partial charge in [-0.25, -0.2) is 18.6 Å². The van der Waals surface area contributed by atoms with E-state index in [-0.39, 0.29) is 27.4 Å². The zero-order chi connectivity index (χ0) is 15.1. The number of carboxylic acid groups (broad SMARTS) is 1. The summed E-state index contributed by atoms with van der Waals surface area (Å²) < 4.78 is 27.5. The van der Waals surface area contributed by atoms with Crippen molar-refractivity contribution in [3.8, 4) is 11.4 Å². The molecule has 4 nitrogen and oxygen atoms in total. The van der Waals surface area contributed by atoms with Gasteiger partial charge in [0.15, 0.2) is 5.82 Å². The van der Waals surface area contributed by atoms with E-state index >= 15 is 0 Å². The molecule has 0 amide bonds. The first-order chi connectivity index (χ1) is 9.97. The number of aromatic nitrogens is 2. The number of fused-ring (bicyclic) bond motifs is 1. The molecular formula is C14H7ClF2N2O2. The number of nitrogens with zero attached hydrogens (tertiary/aromatic N) is 1. The highest BCUT2D eigenvalue weighted by atomic mass is 35.5. The van der Waals surface area contributed by atoms with Crippen LogP contribution in [0.15, 0.2) is 30.3 Å². The van der Waals surface area contributed by atoms with Crippen molar-refractivity contribution in [2.75, 3.05) is 0 Å². The molecular weight excluding hydrogens is 302 g/mol. The quantitative estimate of drug-likeness (QED) is 0.755. The molecule has 21 heavy (non-hydrogen) atoms. The van der Waals surface area contributed by atoms with Crippen LogP contribution in [-0.2, 0) is 0 Å². The van der Waals surface area contributed by atoms with Gasteiger partial charge in [0.2, 0.25) is 0 Å². The van der Waals surface area contributed by atoms with Crippen LogP contribution in [0.4, 0.5) is 8.78 Å². The van der Waals surface area contributed by atoms with Crippen molar-refractivity contribution >= 4 is 28.6 Å². The summed E-state index contributed by atoms with van der Waals surface area (Å²) in [5.41, 5.74) is 0.123. The van der Waals surface area contributed by atoms with E-state index in [1.54, 1.807) is 6.07 Å². The van der Waals surface area contributed by atoms with Crippen LogP contribution in [0.1, 0.15) is 10.4 Å². The molecule has 1 heterocycles. The van der Waals surface area contributed by atoms with E-state index in [4.69, 9.17) is 16.7 Å². The lowest BCUT2D eigenvalue weighted by Gasteiger charge is -2.00. The molecule has 7 heteroatoms. The number of carboxylic acids is 1. The summed E-state index contributed by atoms with van der Waals surface area (Å²) in [5.74, 6) is -2.80. The zero-order valence-electron chi connectivity index (χ0n) is 10.3. The van der Waals surface area contributed by atoms with Gasteiger partial charge >= 0.3 is 5.97 Å². The van der Waals surface area contributed by atoms with Crippen LogP contribution in [0.3, 0.4) is 0 Å². The number of aromatic amines is 1. The molecule has 0 aliphatic rings. The summed E-state index contributed by atoms with van der Waals surface area (Å²) in [6, 6.07) is 6.52.